The number of halogens is 7. The van der Waals surface area contributed by atoms with Crippen LogP contribution in [0.4, 0.5) is 32.2 Å². The number of Topliss-reactive ketones (excluding diaryl/α,β-unsaturated/α-hetero) is 1. The Morgan fingerprint density at radius 1 is 1.22 bits per heavy atom. The van der Waals surface area contributed by atoms with E-state index in [2.05, 4.69) is 9.97 Å². The van der Waals surface area contributed by atoms with E-state index in [0.717, 1.165) is 11.1 Å². The van der Waals surface area contributed by atoms with Gasteiger partial charge in [0.1, 0.15) is 5.82 Å². The number of carbonyl (C=O) groups is 1. The molecule has 0 amide bonds. The van der Waals surface area contributed by atoms with Crippen molar-refractivity contribution in [2.45, 2.75) is 37.7 Å². The molecule has 1 unspecified atom stereocenters. The van der Waals surface area contributed by atoms with Gasteiger partial charge in [0, 0.05) is 24.7 Å². The van der Waals surface area contributed by atoms with Crippen molar-refractivity contribution in [3.63, 3.8) is 0 Å². The van der Waals surface area contributed by atoms with Gasteiger partial charge in [0.05, 0.1) is 18.9 Å². The third kappa shape index (κ3) is 4.69. The maximum absolute atomic E-state index is 12.7. The molecular formula is C12H10ClF6N3O. The van der Waals surface area contributed by atoms with Crippen LogP contribution in [0.2, 0.25) is 5.28 Å². The van der Waals surface area contributed by atoms with E-state index in [-0.39, 0.29) is 23.1 Å². The number of hydrogen-bond acceptors (Lipinski definition) is 4. The molecule has 0 aliphatic carbocycles. The van der Waals surface area contributed by atoms with Gasteiger partial charge in [-0.2, -0.15) is 26.3 Å². The lowest BCUT2D eigenvalue weighted by molar-refractivity contribution is -0.148. The van der Waals surface area contributed by atoms with Crippen molar-refractivity contribution in [2.24, 2.45) is 0 Å². The van der Waals surface area contributed by atoms with E-state index in [0.29, 0.717) is 0 Å². The van der Waals surface area contributed by atoms with Crippen LogP contribution in [0.3, 0.4) is 0 Å². The molecule has 4 nitrogen and oxygen atoms in total. The van der Waals surface area contributed by atoms with Crippen molar-refractivity contribution in [3.8, 4) is 0 Å². The minimum Gasteiger partial charge on any atom is -0.345 e. The first-order chi connectivity index (χ1) is 10.5. The van der Waals surface area contributed by atoms with Crippen LogP contribution in [0.5, 0.6) is 0 Å². The Hall–Kier alpha value is -1.58. The van der Waals surface area contributed by atoms with Gasteiger partial charge in [0.25, 0.3) is 0 Å². The van der Waals surface area contributed by atoms with Gasteiger partial charge >= 0.3 is 12.4 Å². The summed E-state index contributed by atoms with van der Waals surface area (Å²) in [5.41, 5.74) is 0.153. The summed E-state index contributed by atoms with van der Waals surface area (Å²) in [4.78, 5) is 20.0. The second kappa shape index (κ2) is 6.14. The number of nitrogens with zero attached hydrogens (tertiary/aromatic N) is 3. The number of alkyl halides is 6. The molecule has 1 aliphatic rings. The molecule has 0 N–H and O–H groups in total. The number of rotatable bonds is 3. The van der Waals surface area contributed by atoms with Crippen LogP contribution in [0.1, 0.15) is 18.4 Å². The highest BCUT2D eigenvalue weighted by Gasteiger charge is 2.43. The lowest BCUT2D eigenvalue weighted by Crippen LogP contribution is -2.49. The number of aromatic nitrogens is 2. The Labute approximate surface area is 131 Å². The zero-order valence-corrected chi connectivity index (χ0v) is 12.1. The Balaban J connectivity index is 2.38. The highest BCUT2D eigenvalue weighted by Crippen LogP contribution is 2.34. The van der Waals surface area contributed by atoms with Crippen LogP contribution in [0.25, 0.3) is 0 Å². The van der Waals surface area contributed by atoms with E-state index in [9.17, 15) is 31.1 Å². The molecule has 2 rings (SSSR count). The topological polar surface area (TPSA) is 46.1 Å². The number of carbonyl (C=O) groups excluding carboxylic acids is 1. The van der Waals surface area contributed by atoms with Gasteiger partial charge in [-0.3, -0.25) is 4.79 Å². The van der Waals surface area contributed by atoms with Gasteiger partial charge in [-0.15, -0.1) is 0 Å². The molecule has 0 saturated heterocycles. The van der Waals surface area contributed by atoms with Crippen molar-refractivity contribution >= 4 is 23.2 Å². The number of ketones is 1. The Morgan fingerprint density at radius 2 is 1.87 bits per heavy atom. The monoisotopic (exact) mass is 361 g/mol. The lowest BCUT2D eigenvalue weighted by Gasteiger charge is -2.37. The number of fused-ring (bicyclic) bond motifs is 1. The van der Waals surface area contributed by atoms with Crippen molar-refractivity contribution < 1.29 is 31.1 Å². The average molecular weight is 362 g/mol. The van der Waals surface area contributed by atoms with Crippen molar-refractivity contribution in [1.29, 1.82) is 0 Å². The van der Waals surface area contributed by atoms with Crippen LogP contribution in [0.15, 0.2) is 6.20 Å². The van der Waals surface area contributed by atoms with Crippen molar-refractivity contribution in [3.05, 3.63) is 17.0 Å². The summed E-state index contributed by atoms with van der Waals surface area (Å²) in [6.45, 7) is -0.823. The van der Waals surface area contributed by atoms with Crippen molar-refractivity contribution in [1.82, 2.24) is 9.97 Å². The molecule has 0 aromatic carbocycles. The largest absolute Gasteiger partial charge is 0.391 e. The first-order valence-corrected chi connectivity index (χ1v) is 6.78. The second-order valence-electron chi connectivity index (χ2n) is 5.02. The zero-order chi connectivity index (χ0) is 17.4. The highest BCUT2D eigenvalue weighted by atomic mass is 35.5. The smallest absolute Gasteiger partial charge is 0.345 e. The number of anilines is 1. The van der Waals surface area contributed by atoms with Crippen LogP contribution in [0, 0.1) is 0 Å². The number of hydrogen-bond donors (Lipinski definition) is 0. The summed E-state index contributed by atoms with van der Waals surface area (Å²) in [5, 5.41) is -0.319. The van der Waals surface area contributed by atoms with E-state index < -0.39 is 43.6 Å². The third-order valence-corrected chi connectivity index (χ3v) is 3.44. The molecule has 2 heterocycles. The van der Waals surface area contributed by atoms with E-state index in [1.165, 1.54) is 0 Å². The van der Waals surface area contributed by atoms with Gasteiger partial charge in [-0.25, -0.2) is 9.97 Å². The first-order valence-electron chi connectivity index (χ1n) is 6.40. The molecule has 23 heavy (non-hydrogen) atoms. The molecule has 1 aromatic heterocycles. The zero-order valence-electron chi connectivity index (χ0n) is 11.4. The van der Waals surface area contributed by atoms with E-state index >= 15 is 0 Å². The Bertz CT molecular complexity index is 603. The predicted molar refractivity (Wildman–Crippen MR) is 68.2 cm³/mol. The normalized spacial score (nSPS) is 19.0. The van der Waals surface area contributed by atoms with E-state index in [1.54, 1.807) is 0 Å². The van der Waals surface area contributed by atoms with Crippen LogP contribution in [-0.4, -0.2) is 40.7 Å². The molecule has 11 heteroatoms. The molecule has 1 aromatic rings. The summed E-state index contributed by atoms with van der Waals surface area (Å²) in [6.07, 6.45) is -11.5. The summed E-state index contributed by atoms with van der Waals surface area (Å²) < 4.78 is 75.3. The van der Waals surface area contributed by atoms with Crippen molar-refractivity contribution in [2.75, 3.05) is 11.4 Å². The summed E-state index contributed by atoms with van der Waals surface area (Å²) in [7, 11) is 0. The molecular weight excluding hydrogens is 352 g/mol. The quantitative estimate of drug-likeness (QED) is 0.612. The third-order valence-electron chi connectivity index (χ3n) is 3.26. The SMILES string of the molecule is O=C1Cc2cnc(Cl)nc2N(CCC(F)(F)F)C1CC(F)(F)F. The standard InChI is InChI=1S/C12H10ClF6N3O/c13-10-20-5-6-3-8(23)7(4-12(17,18)19)22(9(6)21-10)2-1-11(14,15)16/h5,7H,1-4H2. The second-order valence-corrected chi connectivity index (χ2v) is 5.36. The highest BCUT2D eigenvalue weighted by molar-refractivity contribution is 6.28. The maximum atomic E-state index is 12.7. The fourth-order valence-electron chi connectivity index (χ4n) is 2.33. The lowest BCUT2D eigenvalue weighted by atomic mass is 9.95. The Kier molecular flexibility index (Phi) is 4.74. The summed E-state index contributed by atoms with van der Waals surface area (Å²) in [6, 6.07) is -1.75. The predicted octanol–water partition coefficient (Wildman–Crippen LogP) is 3.34. The Morgan fingerprint density at radius 3 is 2.43 bits per heavy atom. The molecule has 1 atom stereocenters. The van der Waals surface area contributed by atoms with Gasteiger partial charge in [-0.1, -0.05) is 0 Å². The summed E-state index contributed by atoms with van der Waals surface area (Å²) >= 11 is 5.57. The van der Waals surface area contributed by atoms with E-state index in [4.69, 9.17) is 11.6 Å². The fourth-order valence-corrected chi connectivity index (χ4v) is 2.46. The minimum absolute atomic E-state index is 0.153. The van der Waals surface area contributed by atoms with Gasteiger partial charge in [0.15, 0.2) is 5.78 Å². The molecule has 0 bridgehead atoms. The molecule has 0 saturated carbocycles. The molecule has 0 radical (unpaired) electrons. The molecule has 128 valence electrons. The fraction of sp³-hybridized carbons (Fsp3) is 0.583. The van der Waals surface area contributed by atoms with Gasteiger partial charge < -0.3 is 4.90 Å². The summed E-state index contributed by atoms with van der Waals surface area (Å²) in [5.74, 6) is -0.994. The van der Waals surface area contributed by atoms with Crippen LogP contribution < -0.4 is 4.90 Å². The van der Waals surface area contributed by atoms with Crippen LogP contribution in [-0.2, 0) is 11.2 Å². The molecule has 0 fully saturated rings. The van der Waals surface area contributed by atoms with E-state index in [1.807, 2.05) is 0 Å². The maximum Gasteiger partial charge on any atom is 0.391 e. The van der Waals surface area contributed by atoms with Crippen LogP contribution >= 0.6 is 11.6 Å². The average Bonchev–Trinajstić information content (AvgIpc) is 2.36. The molecule has 1 aliphatic heterocycles. The van der Waals surface area contributed by atoms with Gasteiger partial charge in [0.2, 0.25) is 5.28 Å². The molecule has 0 spiro atoms. The first kappa shape index (κ1) is 17.8. The van der Waals surface area contributed by atoms with Gasteiger partial charge in [-0.05, 0) is 11.6 Å². The minimum atomic E-state index is -4.70.